The van der Waals surface area contributed by atoms with Gasteiger partial charge in [0, 0.05) is 7.11 Å². The fourth-order valence-electron chi connectivity index (χ4n) is 1.28. The van der Waals surface area contributed by atoms with E-state index in [1.165, 1.54) is 0 Å². The summed E-state index contributed by atoms with van der Waals surface area (Å²) in [6.07, 6.45) is 4.03. The van der Waals surface area contributed by atoms with E-state index >= 15 is 0 Å². The van der Waals surface area contributed by atoms with E-state index < -0.39 is 0 Å². The van der Waals surface area contributed by atoms with Gasteiger partial charge in [0.25, 0.3) is 0 Å². The standard InChI is InChI=1S/C11H22O3/c1-4-6-7-10(5-2)11(12)14-9-8-13-3/h10H,4-9H2,1-3H3. The Bertz CT molecular complexity index is 145. The maximum Gasteiger partial charge on any atom is 0.308 e. The zero-order valence-electron chi connectivity index (χ0n) is 9.54. The van der Waals surface area contributed by atoms with Crippen LogP contribution in [0.3, 0.4) is 0 Å². The average Bonchev–Trinajstić information content (AvgIpc) is 2.19. The van der Waals surface area contributed by atoms with Gasteiger partial charge in [0.1, 0.15) is 6.61 Å². The van der Waals surface area contributed by atoms with Gasteiger partial charge in [-0.3, -0.25) is 4.79 Å². The van der Waals surface area contributed by atoms with Crippen LogP contribution >= 0.6 is 0 Å². The molecule has 0 aliphatic heterocycles. The van der Waals surface area contributed by atoms with Crippen molar-refractivity contribution < 1.29 is 14.3 Å². The SMILES string of the molecule is CCCCC(CC)C(=O)OCCOC. The van der Waals surface area contributed by atoms with Gasteiger partial charge in [-0.15, -0.1) is 0 Å². The van der Waals surface area contributed by atoms with Gasteiger partial charge in [0.2, 0.25) is 0 Å². The summed E-state index contributed by atoms with van der Waals surface area (Å²) >= 11 is 0. The Morgan fingerprint density at radius 1 is 1.29 bits per heavy atom. The highest BCUT2D eigenvalue weighted by molar-refractivity contribution is 5.72. The van der Waals surface area contributed by atoms with Crippen LogP contribution in [0.4, 0.5) is 0 Å². The van der Waals surface area contributed by atoms with Gasteiger partial charge >= 0.3 is 5.97 Å². The largest absolute Gasteiger partial charge is 0.463 e. The fraction of sp³-hybridized carbons (Fsp3) is 0.909. The molecule has 14 heavy (non-hydrogen) atoms. The number of methoxy groups -OCH3 is 1. The third kappa shape index (κ3) is 5.97. The number of unbranched alkanes of at least 4 members (excludes halogenated alkanes) is 1. The molecule has 0 fully saturated rings. The summed E-state index contributed by atoms with van der Waals surface area (Å²) in [4.78, 5) is 11.5. The van der Waals surface area contributed by atoms with Crippen molar-refractivity contribution in [1.29, 1.82) is 0 Å². The predicted molar refractivity (Wildman–Crippen MR) is 56.1 cm³/mol. The molecule has 0 amide bonds. The first-order chi connectivity index (χ1) is 6.76. The Hall–Kier alpha value is -0.570. The van der Waals surface area contributed by atoms with E-state index in [2.05, 4.69) is 6.92 Å². The smallest absolute Gasteiger partial charge is 0.308 e. The van der Waals surface area contributed by atoms with Crippen molar-refractivity contribution in [2.75, 3.05) is 20.3 Å². The summed E-state index contributed by atoms with van der Waals surface area (Å²) in [6.45, 7) is 5.01. The summed E-state index contributed by atoms with van der Waals surface area (Å²) in [6, 6.07) is 0. The molecule has 84 valence electrons. The summed E-state index contributed by atoms with van der Waals surface area (Å²) in [5.41, 5.74) is 0. The molecule has 0 aliphatic carbocycles. The predicted octanol–water partition coefficient (Wildman–Crippen LogP) is 2.39. The minimum atomic E-state index is -0.0713. The van der Waals surface area contributed by atoms with Crippen molar-refractivity contribution >= 4 is 5.97 Å². The van der Waals surface area contributed by atoms with Crippen LogP contribution in [-0.4, -0.2) is 26.3 Å². The number of carbonyl (C=O) groups is 1. The van der Waals surface area contributed by atoms with E-state index in [-0.39, 0.29) is 11.9 Å². The zero-order chi connectivity index (χ0) is 10.8. The van der Waals surface area contributed by atoms with Crippen molar-refractivity contribution in [3.8, 4) is 0 Å². The summed E-state index contributed by atoms with van der Waals surface area (Å²) in [5, 5.41) is 0. The summed E-state index contributed by atoms with van der Waals surface area (Å²) in [5.74, 6) is 0.00445. The molecule has 0 aromatic carbocycles. The molecule has 0 saturated heterocycles. The molecule has 0 rings (SSSR count). The molecule has 0 bridgehead atoms. The lowest BCUT2D eigenvalue weighted by Gasteiger charge is -2.13. The molecule has 0 heterocycles. The molecule has 0 radical (unpaired) electrons. The second kappa shape index (κ2) is 9.00. The molecular formula is C11H22O3. The van der Waals surface area contributed by atoms with Crippen molar-refractivity contribution in [2.24, 2.45) is 5.92 Å². The van der Waals surface area contributed by atoms with Crippen LogP contribution in [0.15, 0.2) is 0 Å². The average molecular weight is 202 g/mol. The molecule has 1 unspecified atom stereocenters. The van der Waals surface area contributed by atoms with E-state index in [1.54, 1.807) is 7.11 Å². The third-order valence-corrected chi connectivity index (χ3v) is 2.26. The molecule has 0 N–H and O–H groups in total. The van der Waals surface area contributed by atoms with Crippen molar-refractivity contribution in [1.82, 2.24) is 0 Å². The first-order valence-electron chi connectivity index (χ1n) is 5.41. The highest BCUT2D eigenvalue weighted by atomic mass is 16.6. The minimum absolute atomic E-state index is 0.0713. The number of hydrogen-bond acceptors (Lipinski definition) is 3. The second-order valence-corrected chi connectivity index (χ2v) is 3.41. The second-order valence-electron chi connectivity index (χ2n) is 3.41. The van der Waals surface area contributed by atoms with Crippen LogP contribution in [0.5, 0.6) is 0 Å². The van der Waals surface area contributed by atoms with Gasteiger partial charge in [-0.05, 0) is 12.8 Å². The number of rotatable bonds is 8. The van der Waals surface area contributed by atoms with Crippen LogP contribution in [0, 0.1) is 5.92 Å². The Labute approximate surface area is 86.8 Å². The number of hydrogen-bond donors (Lipinski definition) is 0. The molecule has 0 aromatic rings. The van der Waals surface area contributed by atoms with Crippen LogP contribution in [0.25, 0.3) is 0 Å². The van der Waals surface area contributed by atoms with E-state index in [4.69, 9.17) is 9.47 Å². The van der Waals surface area contributed by atoms with Crippen LogP contribution < -0.4 is 0 Å². The molecule has 3 nitrogen and oxygen atoms in total. The minimum Gasteiger partial charge on any atom is -0.463 e. The maximum atomic E-state index is 11.5. The van der Waals surface area contributed by atoms with E-state index in [1.807, 2.05) is 6.92 Å². The maximum absolute atomic E-state index is 11.5. The fourth-order valence-corrected chi connectivity index (χ4v) is 1.28. The Kier molecular flexibility index (Phi) is 8.64. The molecular weight excluding hydrogens is 180 g/mol. The number of carbonyl (C=O) groups excluding carboxylic acids is 1. The lowest BCUT2D eigenvalue weighted by Crippen LogP contribution is -2.19. The van der Waals surface area contributed by atoms with Crippen LogP contribution in [0.1, 0.15) is 39.5 Å². The topological polar surface area (TPSA) is 35.5 Å². The highest BCUT2D eigenvalue weighted by Gasteiger charge is 2.16. The van der Waals surface area contributed by atoms with Crippen LogP contribution in [-0.2, 0) is 14.3 Å². The Morgan fingerprint density at radius 2 is 2.00 bits per heavy atom. The highest BCUT2D eigenvalue weighted by Crippen LogP contribution is 2.14. The van der Waals surface area contributed by atoms with Crippen LogP contribution in [0.2, 0.25) is 0 Å². The lowest BCUT2D eigenvalue weighted by molar-refractivity contribution is -0.150. The van der Waals surface area contributed by atoms with Gasteiger partial charge < -0.3 is 9.47 Å². The summed E-state index contributed by atoms with van der Waals surface area (Å²) in [7, 11) is 1.60. The number of ether oxygens (including phenoxy) is 2. The summed E-state index contributed by atoms with van der Waals surface area (Å²) < 4.78 is 9.88. The molecule has 0 saturated carbocycles. The first-order valence-corrected chi connectivity index (χ1v) is 5.41. The van der Waals surface area contributed by atoms with Gasteiger partial charge in [-0.25, -0.2) is 0 Å². The van der Waals surface area contributed by atoms with Gasteiger partial charge in [-0.1, -0.05) is 26.7 Å². The first kappa shape index (κ1) is 13.4. The quantitative estimate of drug-likeness (QED) is 0.448. The Morgan fingerprint density at radius 3 is 2.50 bits per heavy atom. The van der Waals surface area contributed by atoms with E-state index in [0.717, 1.165) is 25.7 Å². The van der Waals surface area contributed by atoms with E-state index in [9.17, 15) is 4.79 Å². The monoisotopic (exact) mass is 202 g/mol. The molecule has 0 aromatic heterocycles. The Balaban J connectivity index is 3.67. The third-order valence-electron chi connectivity index (χ3n) is 2.26. The van der Waals surface area contributed by atoms with Crippen molar-refractivity contribution in [3.63, 3.8) is 0 Å². The van der Waals surface area contributed by atoms with Crippen molar-refractivity contribution in [2.45, 2.75) is 39.5 Å². The van der Waals surface area contributed by atoms with Gasteiger partial charge in [-0.2, -0.15) is 0 Å². The number of esters is 1. The van der Waals surface area contributed by atoms with Crippen molar-refractivity contribution in [3.05, 3.63) is 0 Å². The van der Waals surface area contributed by atoms with Gasteiger partial charge in [0.15, 0.2) is 0 Å². The lowest BCUT2D eigenvalue weighted by atomic mass is 10.00. The molecule has 0 spiro atoms. The van der Waals surface area contributed by atoms with Gasteiger partial charge in [0.05, 0.1) is 12.5 Å². The molecule has 1 atom stereocenters. The zero-order valence-corrected chi connectivity index (χ0v) is 9.54. The molecule has 0 aliphatic rings. The molecule has 3 heteroatoms. The normalized spacial score (nSPS) is 12.5. The van der Waals surface area contributed by atoms with E-state index in [0.29, 0.717) is 13.2 Å².